The summed E-state index contributed by atoms with van der Waals surface area (Å²) in [6, 6.07) is 8.19. The second-order valence-electron chi connectivity index (χ2n) is 6.80. The zero-order valence-corrected chi connectivity index (χ0v) is 16.5. The van der Waals surface area contributed by atoms with Crippen molar-refractivity contribution in [1.29, 1.82) is 0 Å². The van der Waals surface area contributed by atoms with E-state index >= 15 is 0 Å². The first-order valence-electron chi connectivity index (χ1n) is 9.28. The second kappa shape index (κ2) is 8.12. The standard InChI is InChI=1S/C20H27ClN4O/c1-4-17-16(18(5-2)26-25-17)12-23-19(22-3)24-13-20(10-11-20)14-6-8-15(21)9-7-14/h6-9H,4-5,10-13H2,1-3H3,(H2,22,23,24). The fraction of sp³-hybridized carbons (Fsp3) is 0.500. The van der Waals surface area contributed by atoms with Crippen molar-refractivity contribution in [3.8, 4) is 0 Å². The summed E-state index contributed by atoms with van der Waals surface area (Å²) >= 11 is 6.01. The Morgan fingerprint density at radius 1 is 1.19 bits per heavy atom. The number of nitrogens with zero attached hydrogens (tertiary/aromatic N) is 2. The Bertz CT molecular complexity index is 741. The molecular weight excluding hydrogens is 348 g/mol. The van der Waals surface area contributed by atoms with E-state index in [4.69, 9.17) is 16.1 Å². The minimum Gasteiger partial charge on any atom is -0.361 e. The predicted molar refractivity (Wildman–Crippen MR) is 106 cm³/mol. The summed E-state index contributed by atoms with van der Waals surface area (Å²) in [7, 11) is 1.80. The Morgan fingerprint density at radius 2 is 1.92 bits per heavy atom. The molecule has 1 saturated carbocycles. The molecule has 2 aromatic rings. The first-order chi connectivity index (χ1) is 12.6. The molecule has 1 aliphatic rings. The van der Waals surface area contributed by atoms with Crippen LogP contribution in [0.5, 0.6) is 0 Å². The van der Waals surface area contributed by atoms with Crippen LogP contribution in [0, 0.1) is 0 Å². The number of benzene rings is 1. The molecule has 0 amide bonds. The van der Waals surface area contributed by atoms with Crippen LogP contribution >= 0.6 is 11.6 Å². The van der Waals surface area contributed by atoms with Crippen molar-refractivity contribution in [2.45, 2.75) is 51.5 Å². The Labute approximate surface area is 160 Å². The highest BCUT2D eigenvalue weighted by molar-refractivity contribution is 6.30. The molecule has 0 radical (unpaired) electrons. The van der Waals surface area contributed by atoms with E-state index in [0.29, 0.717) is 6.54 Å². The fourth-order valence-electron chi connectivity index (χ4n) is 3.31. The van der Waals surface area contributed by atoms with Gasteiger partial charge in [-0.15, -0.1) is 0 Å². The topological polar surface area (TPSA) is 62.5 Å². The van der Waals surface area contributed by atoms with Crippen LogP contribution in [0.3, 0.4) is 0 Å². The van der Waals surface area contributed by atoms with Crippen LogP contribution in [0.25, 0.3) is 0 Å². The molecule has 26 heavy (non-hydrogen) atoms. The van der Waals surface area contributed by atoms with E-state index in [9.17, 15) is 0 Å². The van der Waals surface area contributed by atoms with Gasteiger partial charge in [0.2, 0.25) is 0 Å². The predicted octanol–water partition coefficient (Wildman–Crippen LogP) is 3.85. The van der Waals surface area contributed by atoms with Crippen molar-refractivity contribution in [3.63, 3.8) is 0 Å². The van der Waals surface area contributed by atoms with Crippen LogP contribution in [-0.4, -0.2) is 24.7 Å². The molecule has 0 atom stereocenters. The molecular formula is C20H27ClN4O. The van der Waals surface area contributed by atoms with Crippen LogP contribution in [0.15, 0.2) is 33.8 Å². The van der Waals surface area contributed by atoms with Gasteiger partial charge in [0.1, 0.15) is 5.76 Å². The summed E-state index contributed by atoms with van der Waals surface area (Å²) < 4.78 is 5.43. The molecule has 1 aliphatic carbocycles. The van der Waals surface area contributed by atoms with E-state index in [-0.39, 0.29) is 5.41 Å². The SMILES string of the molecule is CCc1noc(CC)c1CNC(=NC)NCC1(c2ccc(Cl)cc2)CC1. The van der Waals surface area contributed by atoms with Gasteiger partial charge in [0.25, 0.3) is 0 Å². The number of halogens is 1. The largest absolute Gasteiger partial charge is 0.361 e. The van der Waals surface area contributed by atoms with Crippen LogP contribution < -0.4 is 10.6 Å². The lowest BCUT2D eigenvalue weighted by molar-refractivity contribution is 0.380. The van der Waals surface area contributed by atoms with E-state index in [1.165, 1.54) is 18.4 Å². The van der Waals surface area contributed by atoms with Crippen molar-refractivity contribution < 1.29 is 4.52 Å². The molecule has 0 saturated heterocycles. The highest BCUT2D eigenvalue weighted by atomic mass is 35.5. The van der Waals surface area contributed by atoms with Crippen LogP contribution in [-0.2, 0) is 24.8 Å². The van der Waals surface area contributed by atoms with Crippen molar-refractivity contribution in [1.82, 2.24) is 15.8 Å². The minimum absolute atomic E-state index is 0.197. The number of rotatable bonds is 7. The maximum absolute atomic E-state index is 6.01. The maximum atomic E-state index is 6.01. The molecule has 0 aliphatic heterocycles. The summed E-state index contributed by atoms with van der Waals surface area (Å²) in [6.07, 6.45) is 4.08. The van der Waals surface area contributed by atoms with Crippen molar-refractivity contribution >= 4 is 17.6 Å². The quantitative estimate of drug-likeness (QED) is 0.570. The smallest absolute Gasteiger partial charge is 0.191 e. The molecule has 1 fully saturated rings. The number of aliphatic imine (C=N–C) groups is 1. The summed E-state index contributed by atoms with van der Waals surface area (Å²) in [5.74, 6) is 1.75. The third-order valence-electron chi connectivity index (χ3n) is 5.17. The fourth-order valence-corrected chi connectivity index (χ4v) is 3.43. The van der Waals surface area contributed by atoms with Gasteiger partial charge in [-0.25, -0.2) is 0 Å². The molecule has 1 aromatic heterocycles. The molecule has 0 spiro atoms. The number of aryl methyl sites for hydroxylation is 2. The molecule has 1 heterocycles. The van der Waals surface area contributed by atoms with E-state index in [2.05, 4.69) is 46.8 Å². The monoisotopic (exact) mass is 374 g/mol. The molecule has 1 aromatic carbocycles. The summed E-state index contributed by atoms with van der Waals surface area (Å²) in [5.41, 5.74) is 3.70. The first-order valence-corrected chi connectivity index (χ1v) is 9.66. The van der Waals surface area contributed by atoms with Gasteiger partial charge in [-0.3, -0.25) is 4.99 Å². The first kappa shape index (κ1) is 18.8. The average molecular weight is 375 g/mol. The summed E-state index contributed by atoms with van der Waals surface area (Å²) in [5, 5.41) is 11.8. The molecule has 3 rings (SSSR count). The highest BCUT2D eigenvalue weighted by Crippen LogP contribution is 2.47. The van der Waals surface area contributed by atoms with Crippen LogP contribution in [0.4, 0.5) is 0 Å². The molecule has 0 unspecified atom stereocenters. The summed E-state index contributed by atoms with van der Waals surface area (Å²) in [6.45, 7) is 5.71. The van der Waals surface area contributed by atoms with Gasteiger partial charge in [0, 0.05) is 42.6 Å². The number of hydrogen-bond acceptors (Lipinski definition) is 3. The van der Waals surface area contributed by atoms with Crippen molar-refractivity contribution in [2.24, 2.45) is 4.99 Å². The van der Waals surface area contributed by atoms with Gasteiger partial charge in [0.05, 0.1) is 5.69 Å². The number of aromatic nitrogens is 1. The molecule has 6 heteroatoms. The number of hydrogen-bond donors (Lipinski definition) is 2. The lowest BCUT2D eigenvalue weighted by atomic mass is 9.96. The van der Waals surface area contributed by atoms with E-state index in [0.717, 1.165) is 47.4 Å². The second-order valence-corrected chi connectivity index (χ2v) is 7.24. The third-order valence-corrected chi connectivity index (χ3v) is 5.42. The maximum Gasteiger partial charge on any atom is 0.191 e. The Kier molecular flexibility index (Phi) is 5.87. The molecule has 140 valence electrons. The van der Waals surface area contributed by atoms with Crippen LogP contribution in [0.2, 0.25) is 5.02 Å². The summed E-state index contributed by atoms with van der Waals surface area (Å²) in [4.78, 5) is 4.36. The van der Waals surface area contributed by atoms with E-state index in [1.807, 2.05) is 12.1 Å². The van der Waals surface area contributed by atoms with Crippen LogP contribution in [0.1, 0.15) is 49.3 Å². The average Bonchev–Trinajstić information content (AvgIpc) is 3.35. The Morgan fingerprint density at radius 3 is 2.50 bits per heavy atom. The van der Waals surface area contributed by atoms with Gasteiger partial charge in [-0.1, -0.05) is 42.7 Å². The Hall–Kier alpha value is -2.01. The van der Waals surface area contributed by atoms with Crippen molar-refractivity contribution in [3.05, 3.63) is 51.9 Å². The molecule has 0 bridgehead atoms. The van der Waals surface area contributed by atoms with Gasteiger partial charge in [-0.2, -0.15) is 0 Å². The molecule has 2 N–H and O–H groups in total. The Balaban J connectivity index is 1.59. The number of guanidine groups is 1. The normalized spacial score (nSPS) is 15.8. The molecule has 5 nitrogen and oxygen atoms in total. The van der Waals surface area contributed by atoms with Gasteiger partial charge >= 0.3 is 0 Å². The number of nitrogens with one attached hydrogen (secondary N) is 2. The van der Waals surface area contributed by atoms with E-state index < -0.39 is 0 Å². The van der Waals surface area contributed by atoms with Gasteiger partial charge in [-0.05, 0) is 37.0 Å². The van der Waals surface area contributed by atoms with Gasteiger partial charge in [0.15, 0.2) is 5.96 Å². The minimum atomic E-state index is 0.197. The lowest BCUT2D eigenvalue weighted by Gasteiger charge is -2.19. The van der Waals surface area contributed by atoms with Crippen molar-refractivity contribution in [2.75, 3.05) is 13.6 Å². The van der Waals surface area contributed by atoms with Gasteiger partial charge < -0.3 is 15.2 Å². The zero-order valence-electron chi connectivity index (χ0n) is 15.7. The van der Waals surface area contributed by atoms with E-state index in [1.54, 1.807) is 7.05 Å². The zero-order chi connectivity index (χ0) is 18.6. The highest BCUT2D eigenvalue weighted by Gasteiger charge is 2.44. The lowest BCUT2D eigenvalue weighted by Crippen LogP contribution is -2.41. The third kappa shape index (κ3) is 4.04.